The van der Waals surface area contributed by atoms with Crippen LogP contribution in [0, 0.1) is 17.5 Å². The molecule has 0 aliphatic heterocycles. The fourth-order valence-corrected chi connectivity index (χ4v) is 1.94. The van der Waals surface area contributed by atoms with E-state index in [0.717, 1.165) is 12.5 Å². The van der Waals surface area contributed by atoms with Crippen molar-refractivity contribution in [3.8, 4) is 0 Å². The number of aromatic nitrogens is 2. The smallest absolute Gasteiger partial charge is 0.182 e. The zero-order valence-corrected chi connectivity index (χ0v) is 11.2. The van der Waals surface area contributed by atoms with E-state index in [0.29, 0.717) is 29.7 Å². The molecule has 0 radical (unpaired) electrons. The second-order valence-corrected chi connectivity index (χ2v) is 4.46. The zero-order chi connectivity index (χ0) is 14.9. The van der Waals surface area contributed by atoms with Gasteiger partial charge in [0.05, 0.1) is 17.1 Å². The van der Waals surface area contributed by atoms with Crippen molar-refractivity contribution < 1.29 is 13.2 Å². The molecule has 0 aliphatic rings. The quantitative estimate of drug-likeness (QED) is 0.848. The van der Waals surface area contributed by atoms with Gasteiger partial charge in [-0.05, 0) is 6.42 Å². The van der Waals surface area contributed by atoms with Gasteiger partial charge < -0.3 is 11.1 Å². The Kier molecular flexibility index (Phi) is 3.87. The summed E-state index contributed by atoms with van der Waals surface area (Å²) >= 11 is 0. The van der Waals surface area contributed by atoms with E-state index in [9.17, 15) is 13.2 Å². The minimum absolute atomic E-state index is 0.303. The molecule has 2 rings (SSSR count). The zero-order valence-electron chi connectivity index (χ0n) is 11.2. The van der Waals surface area contributed by atoms with Gasteiger partial charge in [-0.1, -0.05) is 13.3 Å². The van der Waals surface area contributed by atoms with Crippen molar-refractivity contribution in [1.82, 2.24) is 9.78 Å². The summed E-state index contributed by atoms with van der Waals surface area (Å²) in [6.45, 7) is 1.98. The number of nitrogens with one attached hydrogen (secondary N) is 1. The van der Waals surface area contributed by atoms with Gasteiger partial charge in [-0.15, -0.1) is 0 Å². The van der Waals surface area contributed by atoms with E-state index < -0.39 is 17.5 Å². The van der Waals surface area contributed by atoms with Gasteiger partial charge in [0.2, 0.25) is 0 Å². The van der Waals surface area contributed by atoms with Crippen LogP contribution >= 0.6 is 0 Å². The van der Waals surface area contributed by atoms with E-state index in [-0.39, 0.29) is 5.69 Å². The first-order chi connectivity index (χ1) is 9.43. The molecule has 0 fully saturated rings. The summed E-state index contributed by atoms with van der Waals surface area (Å²) in [4.78, 5) is 0. The van der Waals surface area contributed by atoms with E-state index >= 15 is 0 Å². The maximum absolute atomic E-state index is 13.6. The number of anilines is 3. The van der Waals surface area contributed by atoms with Crippen molar-refractivity contribution in [2.24, 2.45) is 7.05 Å². The standard InChI is InChI=1S/C13H15F3N4/c1-3-4-9-12(17)13(20(2)19-9)18-10-6-7(14)5-8(15)11(10)16/h5-6,18H,3-4,17H2,1-2H3. The Bertz CT molecular complexity index is 637. The van der Waals surface area contributed by atoms with Crippen molar-refractivity contribution in [3.63, 3.8) is 0 Å². The highest BCUT2D eigenvalue weighted by Crippen LogP contribution is 2.29. The van der Waals surface area contributed by atoms with Gasteiger partial charge >= 0.3 is 0 Å². The molecule has 108 valence electrons. The summed E-state index contributed by atoms with van der Waals surface area (Å²) < 4.78 is 41.3. The lowest BCUT2D eigenvalue weighted by Crippen LogP contribution is -2.04. The first-order valence-corrected chi connectivity index (χ1v) is 6.17. The Hall–Kier alpha value is -2.18. The third-order valence-corrected chi connectivity index (χ3v) is 2.89. The lowest BCUT2D eigenvalue weighted by Gasteiger charge is -2.09. The molecule has 2 aromatic rings. The molecule has 1 heterocycles. The SMILES string of the molecule is CCCc1nn(C)c(Nc2cc(F)cc(F)c2F)c1N. The van der Waals surface area contributed by atoms with Crippen LogP contribution in [0.2, 0.25) is 0 Å². The molecule has 3 N–H and O–H groups in total. The van der Waals surface area contributed by atoms with E-state index in [1.807, 2.05) is 6.92 Å². The molecule has 20 heavy (non-hydrogen) atoms. The average molecular weight is 284 g/mol. The summed E-state index contributed by atoms with van der Waals surface area (Å²) in [6.07, 6.45) is 1.52. The number of halogens is 3. The molecule has 4 nitrogen and oxygen atoms in total. The second kappa shape index (κ2) is 5.44. The Labute approximate surface area is 114 Å². The summed E-state index contributed by atoms with van der Waals surface area (Å²) in [5, 5.41) is 6.78. The molecular weight excluding hydrogens is 269 g/mol. The topological polar surface area (TPSA) is 55.9 Å². The third kappa shape index (κ3) is 2.56. The van der Waals surface area contributed by atoms with Gasteiger partial charge in [0.25, 0.3) is 0 Å². The number of nitrogens with two attached hydrogens (primary N) is 1. The van der Waals surface area contributed by atoms with Gasteiger partial charge in [-0.25, -0.2) is 13.2 Å². The average Bonchev–Trinajstić information content (AvgIpc) is 2.63. The predicted molar refractivity (Wildman–Crippen MR) is 71.2 cm³/mol. The Morgan fingerprint density at radius 1 is 1.30 bits per heavy atom. The summed E-state index contributed by atoms with van der Waals surface area (Å²) in [7, 11) is 1.62. The van der Waals surface area contributed by atoms with Crippen LogP contribution in [0.5, 0.6) is 0 Å². The third-order valence-electron chi connectivity index (χ3n) is 2.89. The number of nitrogen functional groups attached to an aromatic ring is 1. The summed E-state index contributed by atoms with van der Waals surface area (Å²) in [5.41, 5.74) is 6.60. The maximum Gasteiger partial charge on any atom is 0.182 e. The number of hydrogen-bond donors (Lipinski definition) is 2. The first-order valence-electron chi connectivity index (χ1n) is 6.17. The number of nitrogens with zero attached hydrogens (tertiary/aromatic N) is 2. The van der Waals surface area contributed by atoms with Crippen molar-refractivity contribution in [2.45, 2.75) is 19.8 Å². The Morgan fingerprint density at radius 3 is 2.65 bits per heavy atom. The van der Waals surface area contributed by atoms with Gasteiger partial charge in [0.1, 0.15) is 5.82 Å². The number of hydrogen-bond acceptors (Lipinski definition) is 3. The van der Waals surface area contributed by atoms with E-state index in [2.05, 4.69) is 10.4 Å². The lowest BCUT2D eigenvalue weighted by atomic mass is 10.2. The van der Waals surface area contributed by atoms with Gasteiger partial charge in [0, 0.05) is 19.2 Å². The predicted octanol–water partition coefficient (Wildman–Crippen LogP) is 3.12. The summed E-state index contributed by atoms with van der Waals surface area (Å²) in [6, 6.07) is 1.35. The Morgan fingerprint density at radius 2 is 2.00 bits per heavy atom. The van der Waals surface area contributed by atoms with Gasteiger partial charge in [-0.2, -0.15) is 5.10 Å². The molecule has 0 bridgehead atoms. The molecule has 1 aromatic carbocycles. The van der Waals surface area contributed by atoms with Crippen LogP contribution < -0.4 is 11.1 Å². The molecular formula is C13H15F3N4. The van der Waals surface area contributed by atoms with Crippen LogP contribution in [0.3, 0.4) is 0 Å². The highest BCUT2D eigenvalue weighted by molar-refractivity contribution is 5.71. The van der Waals surface area contributed by atoms with E-state index in [1.54, 1.807) is 7.05 Å². The van der Waals surface area contributed by atoms with Crippen molar-refractivity contribution in [1.29, 1.82) is 0 Å². The molecule has 7 heteroatoms. The first kappa shape index (κ1) is 14.2. The number of benzene rings is 1. The van der Waals surface area contributed by atoms with Crippen LogP contribution in [0.1, 0.15) is 19.0 Å². The number of aryl methyl sites for hydroxylation is 2. The fourth-order valence-electron chi connectivity index (χ4n) is 1.94. The van der Waals surface area contributed by atoms with Crippen LogP contribution in [-0.4, -0.2) is 9.78 Å². The minimum atomic E-state index is -1.26. The molecule has 0 atom stereocenters. The molecule has 0 unspecified atom stereocenters. The highest BCUT2D eigenvalue weighted by Gasteiger charge is 2.17. The molecule has 0 aliphatic carbocycles. The highest BCUT2D eigenvalue weighted by atomic mass is 19.2. The summed E-state index contributed by atoms with van der Waals surface area (Å²) in [5.74, 6) is -3.00. The van der Waals surface area contributed by atoms with Crippen LogP contribution in [0.4, 0.5) is 30.4 Å². The maximum atomic E-state index is 13.6. The van der Waals surface area contributed by atoms with Crippen LogP contribution in [0.15, 0.2) is 12.1 Å². The van der Waals surface area contributed by atoms with Gasteiger partial charge in [0.15, 0.2) is 17.5 Å². The monoisotopic (exact) mass is 284 g/mol. The van der Waals surface area contributed by atoms with Gasteiger partial charge in [-0.3, -0.25) is 4.68 Å². The second-order valence-electron chi connectivity index (χ2n) is 4.46. The molecule has 0 spiro atoms. The molecule has 0 amide bonds. The van der Waals surface area contributed by atoms with Crippen LogP contribution in [-0.2, 0) is 13.5 Å². The minimum Gasteiger partial charge on any atom is -0.394 e. The fraction of sp³-hybridized carbons (Fsp3) is 0.308. The lowest BCUT2D eigenvalue weighted by molar-refractivity contribution is 0.498. The van der Waals surface area contributed by atoms with E-state index in [4.69, 9.17) is 5.73 Å². The largest absolute Gasteiger partial charge is 0.394 e. The molecule has 1 aromatic heterocycles. The Balaban J connectivity index is 2.40. The van der Waals surface area contributed by atoms with Crippen molar-refractivity contribution >= 4 is 17.2 Å². The number of rotatable bonds is 4. The van der Waals surface area contributed by atoms with E-state index in [1.165, 1.54) is 4.68 Å². The molecule has 0 saturated carbocycles. The van der Waals surface area contributed by atoms with Crippen LogP contribution in [0.25, 0.3) is 0 Å². The normalized spacial score (nSPS) is 10.8. The van der Waals surface area contributed by atoms with Crippen molar-refractivity contribution in [2.75, 3.05) is 11.1 Å². The van der Waals surface area contributed by atoms with Crippen molar-refractivity contribution in [3.05, 3.63) is 35.3 Å². The molecule has 0 saturated heterocycles.